The van der Waals surface area contributed by atoms with Gasteiger partial charge in [-0.05, 0) is 36.8 Å². The van der Waals surface area contributed by atoms with Crippen LogP contribution >= 0.6 is 27.5 Å². The Labute approximate surface area is 112 Å². The topological polar surface area (TPSA) is 44.9 Å². The molecular formula is C12H10BrClN2O. The SMILES string of the molecule is Cc1cc(NC(=O)c2cc(Cl)c[nH]2)ccc1Br. The van der Waals surface area contributed by atoms with Crippen LogP contribution < -0.4 is 5.32 Å². The maximum absolute atomic E-state index is 11.8. The zero-order chi connectivity index (χ0) is 12.4. The van der Waals surface area contributed by atoms with Gasteiger partial charge in [-0.1, -0.05) is 27.5 Å². The fourth-order valence-corrected chi connectivity index (χ4v) is 1.83. The highest BCUT2D eigenvalue weighted by Gasteiger charge is 2.08. The second kappa shape index (κ2) is 4.94. The van der Waals surface area contributed by atoms with Crippen LogP contribution in [0.15, 0.2) is 34.9 Å². The van der Waals surface area contributed by atoms with Crippen molar-refractivity contribution in [2.75, 3.05) is 5.32 Å². The summed E-state index contributed by atoms with van der Waals surface area (Å²) in [5.74, 6) is -0.210. The summed E-state index contributed by atoms with van der Waals surface area (Å²) in [4.78, 5) is 14.6. The van der Waals surface area contributed by atoms with E-state index >= 15 is 0 Å². The average Bonchev–Trinajstić information content (AvgIpc) is 2.70. The van der Waals surface area contributed by atoms with Crippen molar-refractivity contribution in [1.82, 2.24) is 4.98 Å². The number of anilines is 1. The number of aromatic amines is 1. The summed E-state index contributed by atoms with van der Waals surface area (Å²) < 4.78 is 1.01. The standard InChI is InChI=1S/C12H10BrClN2O/c1-7-4-9(2-3-10(7)13)16-12(17)11-5-8(14)6-15-11/h2-6,15H,1H3,(H,16,17). The predicted molar refractivity (Wildman–Crippen MR) is 72.6 cm³/mol. The van der Waals surface area contributed by atoms with E-state index in [0.29, 0.717) is 10.7 Å². The van der Waals surface area contributed by atoms with E-state index in [2.05, 4.69) is 26.2 Å². The molecule has 1 aromatic heterocycles. The van der Waals surface area contributed by atoms with Gasteiger partial charge < -0.3 is 10.3 Å². The lowest BCUT2D eigenvalue weighted by Crippen LogP contribution is -2.12. The second-order valence-electron chi connectivity index (χ2n) is 3.65. The van der Waals surface area contributed by atoms with E-state index < -0.39 is 0 Å². The molecule has 5 heteroatoms. The number of carbonyl (C=O) groups is 1. The smallest absolute Gasteiger partial charge is 0.272 e. The lowest BCUT2D eigenvalue weighted by atomic mass is 10.2. The number of H-pyrrole nitrogens is 1. The predicted octanol–water partition coefficient (Wildman–Crippen LogP) is 3.99. The third-order valence-corrected chi connectivity index (χ3v) is 3.42. The second-order valence-corrected chi connectivity index (χ2v) is 4.94. The average molecular weight is 314 g/mol. The molecule has 0 radical (unpaired) electrons. The van der Waals surface area contributed by atoms with E-state index in [-0.39, 0.29) is 5.91 Å². The minimum atomic E-state index is -0.210. The van der Waals surface area contributed by atoms with Crippen molar-refractivity contribution in [1.29, 1.82) is 0 Å². The maximum atomic E-state index is 11.8. The number of carbonyl (C=O) groups excluding carboxylic acids is 1. The first-order valence-corrected chi connectivity index (χ1v) is 6.15. The molecule has 0 fully saturated rings. The van der Waals surface area contributed by atoms with Gasteiger partial charge in [-0.2, -0.15) is 0 Å². The molecule has 0 aliphatic heterocycles. The van der Waals surface area contributed by atoms with Crippen molar-refractivity contribution >= 4 is 39.1 Å². The third kappa shape index (κ3) is 2.90. The Morgan fingerprint density at radius 3 is 2.76 bits per heavy atom. The van der Waals surface area contributed by atoms with E-state index in [1.807, 2.05) is 25.1 Å². The van der Waals surface area contributed by atoms with Crippen LogP contribution in [0, 0.1) is 6.92 Å². The number of hydrogen-bond acceptors (Lipinski definition) is 1. The van der Waals surface area contributed by atoms with Gasteiger partial charge in [0.2, 0.25) is 0 Å². The highest BCUT2D eigenvalue weighted by Crippen LogP contribution is 2.20. The van der Waals surface area contributed by atoms with Gasteiger partial charge >= 0.3 is 0 Å². The number of rotatable bonds is 2. The van der Waals surface area contributed by atoms with E-state index in [1.165, 1.54) is 0 Å². The van der Waals surface area contributed by atoms with Crippen molar-refractivity contribution in [2.24, 2.45) is 0 Å². The van der Waals surface area contributed by atoms with Gasteiger partial charge in [-0.3, -0.25) is 4.79 Å². The van der Waals surface area contributed by atoms with Gasteiger partial charge in [0.15, 0.2) is 0 Å². The van der Waals surface area contributed by atoms with Gasteiger partial charge in [0.1, 0.15) is 5.69 Å². The van der Waals surface area contributed by atoms with Crippen molar-refractivity contribution < 1.29 is 4.79 Å². The minimum Gasteiger partial charge on any atom is -0.356 e. The molecule has 2 N–H and O–H groups in total. The molecule has 0 aliphatic carbocycles. The first kappa shape index (κ1) is 12.2. The zero-order valence-corrected chi connectivity index (χ0v) is 11.4. The molecule has 1 aromatic carbocycles. The van der Waals surface area contributed by atoms with Gasteiger partial charge in [0.25, 0.3) is 5.91 Å². The van der Waals surface area contributed by atoms with Gasteiger partial charge in [-0.25, -0.2) is 0 Å². The molecule has 0 unspecified atom stereocenters. The van der Waals surface area contributed by atoms with Crippen LogP contribution in [0.1, 0.15) is 16.1 Å². The summed E-state index contributed by atoms with van der Waals surface area (Å²) in [5.41, 5.74) is 2.25. The molecule has 2 aromatic rings. The molecular weight excluding hydrogens is 304 g/mol. The van der Waals surface area contributed by atoms with Crippen molar-refractivity contribution in [3.8, 4) is 0 Å². The van der Waals surface area contributed by atoms with E-state index in [4.69, 9.17) is 11.6 Å². The van der Waals surface area contributed by atoms with Crippen molar-refractivity contribution in [3.05, 3.63) is 51.2 Å². The summed E-state index contributed by atoms with van der Waals surface area (Å²) in [6.45, 7) is 1.96. The number of hydrogen-bond donors (Lipinski definition) is 2. The first-order chi connectivity index (χ1) is 8.06. The van der Waals surface area contributed by atoms with Crippen LogP contribution in [0.4, 0.5) is 5.69 Å². The Hall–Kier alpha value is -1.26. The molecule has 0 aliphatic rings. The number of amides is 1. The molecule has 0 atom stereocenters. The normalized spacial score (nSPS) is 10.3. The lowest BCUT2D eigenvalue weighted by molar-refractivity contribution is 0.102. The molecule has 88 valence electrons. The zero-order valence-electron chi connectivity index (χ0n) is 9.05. The lowest BCUT2D eigenvalue weighted by Gasteiger charge is -2.05. The molecule has 0 spiro atoms. The highest BCUT2D eigenvalue weighted by molar-refractivity contribution is 9.10. The number of aromatic nitrogens is 1. The molecule has 1 amide bonds. The summed E-state index contributed by atoms with van der Waals surface area (Å²) in [6, 6.07) is 7.21. The van der Waals surface area contributed by atoms with Gasteiger partial charge in [0.05, 0.1) is 5.02 Å². The quantitative estimate of drug-likeness (QED) is 0.865. The molecule has 0 bridgehead atoms. The number of benzene rings is 1. The summed E-state index contributed by atoms with van der Waals surface area (Å²) >= 11 is 9.14. The number of halogens is 2. The molecule has 17 heavy (non-hydrogen) atoms. The van der Waals surface area contributed by atoms with Gasteiger partial charge in [-0.15, -0.1) is 0 Å². The van der Waals surface area contributed by atoms with Crippen LogP contribution in [-0.4, -0.2) is 10.9 Å². The summed E-state index contributed by atoms with van der Waals surface area (Å²) in [5, 5.41) is 3.31. The Kier molecular flexibility index (Phi) is 3.54. The maximum Gasteiger partial charge on any atom is 0.272 e. The molecule has 0 saturated carbocycles. The van der Waals surface area contributed by atoms with Gasteiger partial charge in [0, 0.05) is 16.4 Å². The molecule has 3 nitrogen and oxygen atoms in total. The fraction of sp³-hybridized carbons (Fsp3) is 0.0833. The number of aryl methyl sites for hydroxylation is 1. The van der Waals surface area contributed by atoms with Crippen LogP contribution in [0.2, 0.25) is 5.02 Å². The van der Waals surface area contributed by atoms with Crippen LogP contribution in [0.25, 0.3) is 0 Å². The molecule has 0 saturated heterocycles. The molecule has 1 heterocycles. The van der Waals surface area contributed by atoms with Crippen molar-refractivity contribution in [2.45, 2.75) is 6.92 Å². The van der Waals surface area contributed by atoms with Crippen LogP contribution in [0.5, 0.6) is 0 Å². The van der Waals surface area contributed by atoms with Crippen LogP contribution in [-0.2, 0) is 0 Å². The van der Waals surface area contributed by atoms with E-state index in [9.17, 15) is 4.79 Å². The minimum absolute atomic E-state index is 0.210. The van der Waals surface area contributed by atoms with E-state index in [1.54, 1.807) is 12.3 Å². The largest absolute Gasteiger partial charge is 0.356 e. The Morgan fingerprint density at radius 2 is 2.18 bits per heavy atom. The Morgan fingerprint density at radius 1 is 1.41 bits per heavy atom. The van der Waals surface area contributed by atoms with Crippen LogP contribution in [0.3, 0.4) is 0 Å². The van der Waals surface area contributed by atoms with E-state index in [0.717, 1.165) is 15.7 Å². The third-order valence-electron chi connectivity index (χ3n) is 2.31. The summed E-state index contributed by atoms with van der Waals surface area (Å²) in [7, 11) is 0. The first-order valence-electron chi connectivity index (χ1n) is 4.97. The Bertz CT molecular complexity index is 565. The summed E-state index contributed by atoms with van der Waals surface area (Å²) in [6.07, 6.45) is 1.57. The fourth-order valence-electron chi connectivity index (χ4n) is 1.42. The molecule has 2 rings (SSSR count). The highest BCUT2D eigenvalue weighted by atomic mass is 79.9. The Balaban J connectivity index is 2.15. The number of nitrogens with one attached hydrogen (secondary N) is 2. The monoisotopic (exact) mass is 312 g/mol. The van der Waals surface area contributed by atoms with Crippen molar-refractivity contribution in [3.63, 3.8) is 0 Å².